The van der Waals surface area contributed by atoms with Crippen LogP contribution in [-0.2, 0) is 0 Å². The smallest absolute Gasteiger partial charge is 0.252 e. The number of benzene rings is 1. The SMILES string of the molecule is NC(=O)c1c([CH]C2CCC2)ccc(F)c1F. The highest BCUT2D eigenvalue weighted by Crippen LogP contribution is 2.32. The summed E-state index contributed by atoms with van der Waals surface area (Å²) < 4.78 is 26.3. The summed E-state index contributed by atoms with van der Waals surface area (Å²) in [5.41, 5.74) is 5.11. The number of carbonyl (C=O) groups is 1. The number of carbonyl (C=O) groups excluding carboxylic acids is 1. The third kappa shape index (κ3) is 1.92. The van der Waals surface area contributed by atoms with Gasteiger partial charge in [0, 0.05) is 0 Å². The summed E-state index contributed by atoms with van der Waals surface area (Å²) in [5.74, 6) is -2.77. The van der Waals surface area contributed by atoms with E-state index in [4.69, 9.17) is 5.73 Å². The molecular weight excluding hydrogens is 212 g/mol. The van der Waals surface area contributed by atoms with Gasteiger partial charge in [0.2, 0.25) is 0 Å². The molecule has 1 aliphatic carbocycles. The van der Waals surface area contributed by atoms with Crippen LogP contribution in [0.4, 0.5) is 8.78 Å². The highest BCUT2D eigenvalue weighted by atomic mass is 19.2. The van der Waals surface area contributed by atoms with E-state index in [-0.39, 0.29) is 5.56 Å². The number of halogens is 2. The van der Waals surface area contributed by atoms with E-state index in [2.05, 4.69) is 0 Å². The van der Waals surface area contributed by atoms with Gasteiger partial charge in [-0.25, -0.2) is 8.78 Å². The molecule has 1 aromatic carbocycles. The van der Waals surface area contributed by atoms with E-state index >= 15 is 0 Å². The lowest BCUT2D eigenvalue weighted by Gasteiger charge is -2.25. The number of nitrogens with two attached hydrogens (primary N) is 1. The van der Waals surface area contributed by atoms with Gasteiger partial charge in [0.25, 0.3) is 5.91 Å². The lowest BCUT2D eigenvalue weighted by atomic mass is 9.80. The Morgan fingerprint density at radius 1 is 1.38 bits per heavy atom. The predicted octanol–water partition coefficient (Wildman–Crippen LogP) is 2.42. The fourth-order valence-corrected chi connectivity index (χ4v) is 1.82. The molecule has 0 aromatic heterocycles. The summed E-state index contributed by atoms with van der Waals surface area (Å²) in [6.45, 7) is 0. The summed E-state index contributed by atoms with van der Waals surface area (Å²) in [6, 6.07) is 2.42. The van der Waals surface area contributed by atoms with Crippen molar-refractivity contribution in [3.63, 3.8) is 0 Å². The van der Waals surface area contributed by atoms with Gasteiger partial charge >= 0.3 is 0 Å². The highest BCUT2D eigenvalue weighted by Gasteiger charge is 2.23. The minimum atomic E-state index is -1.15. The molecule has 1 saturated carbocycles. The summed E-state index contributed by atoms with van der Waals surface area (Å²) in [4.78, 5) is 11.1. The number of hydrogen-bond acceptors (Lipinski definition) is 1. The highest BCUT2D eigenvalue weighted by molar-refractivity contribution is 5.95. The first-order valence-electron chi connectivity index (χ1n) is 5.22. The van der Waals surface area contributed by atoms with Crippen molar-refractivity contribution < 1.29 is 13.6 Å². The van der Waals surface area contributed by atoms with Gasteiger partial charge in [-0.1, -0.05) is 12.5 Å². The number of primary amides is 1. The van der Waals surface area contributed by atoms with Gasteiger partial charge in [-0.2, -0.15) is 0 Å². The molecule has 0 atom stereocenters. The molecule has 1 amide bonds. The van der Waals surface area contributed by atoms with E-state index < -0.39 is 17.5 Å². The molecule has 2 rings (SSSR count). The van der Waals surface area contributed by atoms with Gasteiger partial charge in [0.05, 0.1) is 5.56 Å². The van der Waals surface area contributed by atoms with Crippen molar-refractivity contribution in [2.75, 3.05) is 0 Å². The molecule has 0 unspecified atom stereocenters. The second kappa shape index (κ2) is 4.20. The molecule has 16 heavy (non-hydrogen) atoms. The molecular formula is C12H12F2NO. The van der Waals surface area contributed by atoms with Crippen LogP contribution >= 0.6 is 0 Å². The first kappa shape index (κ1) is 11.0. The monoisotopic (exact) mass is 224 g/mol. The molecule has 0 aliphatic heterocycles. The Labute approximate surface area is 92.4 Å². The molecule has 0 saturated heterocycles. The topological polar surface area (TPSA) is 43.1 Å². The van der Waals surface area contributed by atoms with Gasteiger partial charge in [0.15, 0.2) is 11.6 Å². The minimum absolute atomic E-state index is 0.341. The van der Waals surface area contributed by atoms with Crippen molar-refractivity contribution in [3.05, 3.63) is 41.3 Å². The molecule has 2 nitrogen and oxygen atoms in total. The summed E-state index contributed by atoms with van der Waals surface area (Å²) >= 11 is 0. The van der Waals surface area contributed by atoms with Crippen LogP contribution < -0.4 is 5.73 Å². The number of hydrogen-bond donors (Lipinski definition) is 1. The number of rotatable bonds is 3. The maximum atomic E-state index is 13.4. The Balaban J connectivity index is 2.35. The average Bonchev–Trinajstić information content (AvgIpc) is 2.16. The van der Waals surface area contributed by atoms with E-state index in [1.165, 1.54) is 6.07 Å². The normalized spacial score (nSPS) is 15.9. The zero-order valence-corrected chi connectivity index (χ0v) is 8.67. The molecule has 4 heteroatoms. The average molecular weight is 224 g/mol. The van der Waals surface area contributed by atoms with Crippen molar-refractivity contribution in [2.45, 2.75) is 19.3 Å². The fraction of sp³-hybridized carbons (Fsp3) is 0.333. The molecule has 2 N–H and O–H groups in total. The van der Waals surface area contributed by atoms with E-state index in [9.17, 15) is 13.6 Å². The standard InChI is InChI=1S/C12H12F2NO/c13-9-5-4-8(6-7-2-1-3-7)10(11(9)14)12(15)16/h4-7H,1-3H2,(H2,15,16). The Morgan fingerprint density at radius 3 is 2.56 bits per heavy atom. The van der Waals surface area contributed by atoms with Crippen molar-refractivity contribution >= 4 is 5.91 Å². The van der Waals surface area contributed by atoms with E-state index in [1.807, 2.05) is 0 Å². The fourth-order valence-electron chi connectivity index (χ4n) is 1.82. The van der Waals surface area contributed by atoms with E-state index in [1.54, 1.807) is 6.42 Å². The van der Waals surface area contributed by atoms with Crippen LogP contribution in [0.1, 0.15) is 35.2 Å². The molecule has 1 aromatic rings. The number of amides is 1. The van der Waals surface area contributed by atoms with Crippen LogP contribution in [0.5, 0.6) is 0 Å². The molecule has 85 valence electrons. The van der Waals surface area contributed by atoms with Gasteiger partial charge in [-0.05, 0) is 36.8 Å². The summed E-state index contributed by atoms with van der Waals surface area (Å²) in [5, 5.41) is 0. The minimum Gasteiger partial charge on any atom is -0.365 e. The maximum Gasteiger partial charge on any atom is 0.252 e. The summed E-state index contributed by atoms with van der Waals surface area (Å²) in [7, 11) is 0. The van der Waals surface area contributed by atoms with E-state index in [0.717, 1.165) is 25.3 Å². The second-order valence-electron chi connectivity index (χ2n) is 4.05. The van der Waals surface area contributed by atoms with Gasteiger partial charge < -0.3 is 5.73 Å². The first-order chi connectivity index (χ1) is 7.59. The van der Waals surface area contributed by atoms with Crippen LogP contribution in [0, 0.1) is 24.0 Å². The largest absolute Gasteiger partial charge is 0.365 e. The Kier molecular flexibility index (Phi) is 2.90. The van der Waals surface area contributed by atoms with Crippen molar-refractivity contribution in [3.8, 4) is 0 Å². The van der Waals surface area contributed by atoms with Gasteiger partial charge in [-0.15, -0.1) is 0 Å². The molecule has 0 heterocycles. The summed E-state index contributed by atoms with van der Waals surface area (Å²) in [6.07, 6.45) is 4.98. The maximum absolute atomic E-state index is 13.4. The Morgan fingerprint density at radius 2 is 2.06 bits per heavy atom. The second-order valence-corrected chi connectivity index (χ2v) is 4.05. The Hall–Kier alpha value is -1.45. The van der Waals surface area contributed by atoms with Crippen molar-refractivity contribution in [1.82, 2.24) is 0 Å². The van der Waals surface area contributed by atoms with Gasteiger partial charge in [0.1, 0.15) is 0 Å². The molecule has 0 bridgehead atoms. The molecule has 0 spiro atoms. The van der Waals surface area contributed by atoms with Crippen LogP contribution in [0.2, 0.25) is 0 Å². The van der Waals surface area contributed by atoms with Gasteiger partial charge in [-0.3, -0.25) is 4.79 Å². The lowest BCUT2D eigenvalue weighted by molar-refractivity contribution is 0.0994. The quantitative estimate of drug-likeness (QED) is 0.841. The molecule has 1 aliphatic rings. The van der Waals surface area contributed by atoms with Crippen LogP contribution in [-0.4, -0.2) is 5.91 Å². The zero-order chi connectivity index (χ0) is 11.7. The lowest BCUT2D eigenvalue weighted by Crippen LogP contribution is -2.19. The van der Waals surface area contributed by atoms with Crippen molar-refractivity contribution in [2.24, 2.45) is 11.7 Å². The molecule has 1 radical (unpaired) electrons. The van der Waals surface area contributed by atoms with E-state index in [0.29, 0.717) is 11.5 Å². The van der Waals surface area contributed by atoms with Crippen LogP contribution in [0.3, 0.4) is 0 Å². The molecule has 1 fully saturated rings. The first-order valence-corrected chi connectivity index (χ1v) is 5.22. The van der Waals surface area contributed by atoms with Crippen LogP contribution in [0.15, 0.2) is 12.1 Å². The predicted molar refractivity (Wildman–Crippen MR) is 55.6 cm³/mol. The van der Waals surface area contributed by atoms with Crippen LogP contribution in [0.25, 0.3) is 0 Å². The third-order valence-electron chi connectivity index (χ3n) is 2.94. The zero-order valence-electron chi connectivity index (χ0n) is 8.67. The van der Waals surface area contributed by atoms with Crippen molar-refractivity contribution in [1.29, 1.82) is 0 Å². The third-order valence-corrected chi connectivity index (χ3v) is 2.94. The Bertz CT molecular complexity index is 427.